The van der Waals surface area contributed by atoms with Gasteiger partial charge in [0.05, 0.1) is 0 Å². The van der Waals surface area contributed by atoms with Gasteiger partial charge in [0, 0.05) is 12.1 Å². The van der Waals surface area contributed by atoms with Crippen molar-refractivity contribution in [3.05, 3.63) is 42.0 Å². The smallest absolute Gasteiger partial charge is 0.120 e. The second kappa shape index (κ2) is 7.24. The first kappa shape index (κ1) is 14.8. The Kier molecular flexibility index (Phi) is 5.96. The Balaban J connectivity index is 0.00000162. The van der Waals surface area contributed by atoms with E-state index >= 15 is 0 Å². The molecule has 0 aliphatic carbocycles. The number of unbranched alkanes of at least 4 members (excludes halogenated alkanes) is 1. The van der Waals surface area contributed by atoms with Gasteiger partial charge in [-0.2, -0.15) is 0 Å². The van der Waals surface area contributed by atoms with Gasteiger partial charge in [0.25, 0.3) is 0 Å². The largest absolute Gasteiger partial charge is 0.508 e. The van der Waals surface area contributed by atoms with E-state index in [1.165, 1.54) is 18.2 Å². The van der Waals surface area contributed by atoms with Crippen molar-refractivity contribution < 1.29 is 5.11 Å². The minimum absolute atomic E-state index is 0. The van der Waals surface area contributed by atoms with Crippen molar-refractivity contribution >= 4 is 23.2 Å². The molecule has 0 radical (unpaired) electrons. The number of hydrogen-bond donors (Lipinski definition) is 2. The first-order chi connectivity index (χ1) is 8.33. The molecule has 0 bridgehead atoms. The number of rotatable bonds is 5. The Hall–Kier alpha value is -1.25. The lowest BCUT2D eigenvalue weighted by molar-refractivity contribution is 0.465. The minimum atomic E-state index is 0. The van der Waals surface area contributed by atoms with Crippen molar-refractivity contribution in [1.82, 2.24) is 5.32 Å². The van der Waals surface area contributed by atoms with Gasteiger partial charge >= 0.3 is 0 Å². The van der Waals surface area contributed by atoms with Crippen molar-refractivity contribution in [2.24, 2.45) is 0 Å². The molecule has 0 aromatic heterocycles. The molecule has 0 aliphatic rings. The molecule has 0 amide bonds. The van der Waals surface area contributed by atoms with E-state index in [0.29, 0.717) is 5.75 Å². The van der Waals surface area contributed by atoms with Crippen LogP contribution in [0.3, 0.4) is 0 Å². The summed E-state index contributed by atoms with van der Waals surface area (Å²) >= 11 is 0. The van der Waals surface area contributed by atoms with Crippen LogP contribution in [0.1, 0.15) is 25.3 Å². The molecule has 0 fully saturated rings. The van der Waals surface area contributed by atoms with Gasteiger partial charge in [-0.15, -0.1) is 12.4 Å². The zero-order valence-electron chi connectivity index (χ0n) is 10.6. The SMILES string of the molecule is CCCCNCc1c(O)ccc2ccccc12.Cl. The maximum atomic E-state index is 9.93. The average molecular weight is 266 g/mol. The van der Waals surface area contributed by atoms with Gasteiger partial charge in [-0.25, -0.2) is 0 Å². The highest BCUT2D eigenvalue weighted by Crippen LogP contribution is 2.26. The number of hydrogen-bond acceptors (Lipinski definition) is 2. The summed E-state index contributed by atoms with van der Waals surface area (Å²) in [6.45, 7) is 3.91. The molecule has 0 spiro atoms. The van der Waals surface area contributed by atoms with Crippen LogP contribution in [0.5, 0.6) is 5.75 Å². The first-order valence-electron chi connectivity index (χ1n) is 6.23. The van der Waals surface area contributed by atoms with E-state index in [-0.39, 0.29) is 12.4 Å². The Morgan fingerprint density at radius 3 is 2.67 bits per heavy atom. The van der Waals surface area contributed by atoms with Crippen LogP contribution in [0.4, 0.5) is 0 Å². The predicted octanol–water partition coefficient (Wildman–Crippen LogP) is 3.86. The quantitative estimate of drug-likeness (QED) is 0.805. The molecule has 0 unspecified atom stereocenters. The van der Waals surface area contributed by atoms with Crippen LogP contribution in [0, 0.1) is 0 Å². The second-order valence-electron chi connectivity index (χ2n) is 4.31. The third-order valence-electron chi connectivity index (χ3n) is 3.02. The van der Waals surface area contributed by atoms with Gasteiger partial charge in [0.2, 0.25) is 0 Å². The van der Waals surface area contributed by atoms with Crippen molar-refractivity contribution in [3.63, 3.8) is 0 Å². The molecule has 2 rings (SSSR count). The maximum Gasteiger partial charge on any atom is 0.120 e. The lowest BCUT2D eigenvalue weighted by Gasteiger charge is -2.10. The highest BCUT2D eigenvalue weighted by atomic mass is 35.5. The predicted molar refractivity (Wildman–Crippen MR) is 79.5 cm³/mol. The summed E-state index contributed by atoms with van der Waals surface area (Å²) in [6.07, 6.45) is 2.36. The molecule has 0 saturated heterocycles. The summed E-state index contributed by atoms with van der Waals surface area (Å²) in [5, 5.41) is 15.6. The standard InChI is InChI=1S/C15H19NO.ClH/c1-2-3-10-16-11-14-13-7-5-4-6-12(13)8-9-15(14)17;/h4-9,16-17H,2-3,10-11H2,1H3;1H. The maximum absolute atomic E-state index is 9.93. The van der Waals surface area contributed by atoms with E-state index in [0.717, 1.165) is 24.0 Å². The number of aromatic hydroxyl groups is 1. The third-order valence-corrected chi connectivity index (χ3v) is 3.02. The lowest BCUT2D eigenvalue weighted by atomic mass is 10.0. The van der Waals surface area contributed by atoms with Gasteiger partial charge < -0.3 is 10.4 Å². The fraction of sp³-hybridized carbons (Fsp3) is 0.333. The summed E-state index contributed by atoms with van der Waals surface area (Å²) in [6, 6.07) is 11.9. The van der Waals surface area contributed by atoms with Gasteiger partial charge in [-0.05, 0) is 29.8 Å². The topological polar surface area (TPSA) is 32.3 Å². The van der Waals surface area contributed by atoms with Crippen LogP contribution in [-0.2, 0) is 6.54 Å². The van der Waals surface area contributed by atoms with E-state index in [9.17, 15) is 5.11 Å². The number of nitrogens with one attached hydrogen (secondary N) is 1. The van der Waals surface area contributed by atoms with Crippen LogP contribution in [0.15, 0.2) is 36.4 Å². The number of halogens is 1. The molecule has 2 aromatic carbocycles. The molecule has 0 aliphatic heterocycles. The summed E-state index contributed by atoms with van der Waals surface area (Å²) in [7, 11) is 0. The first-order valence-corrected chi connectivity index (χ1v) is 6.23. The van der Waals surface area contributed by atoms with Crippen LogP contribution < -0.4 is 5.32 Å². The Bertz CT molecular complexity index is 499. The van der Waals surface area contributed by atoms with Gasteiger partial charge in [0.15, 0.2) is 0 Å². The van der Waals surface area contributed by atoms with E-state index < -0.39 is 0 Å². The number of fused-ring (bicyclic) bond motifs is 1. The van der Waals surface area contributed by atoms with E-state index in [2.05, 4.69) is 24.4 Å². The highest BCUT2D eigenvalue weighted by molar-refractivity contribution is 5.87. The second-order valence-corrected chi connectivity index (χ2v) is 4.31. The Labute approximate surface area is 114 Å². The molecule has 0 heterocycles. The van der Waals surface area contributed by atoms with Crippen molar-refractivity contribution in [3.8, 4) is 5.75 Å². The molecule has 2 nitrogen and oxygen atoms in total. The van der Waals surface area contributed by atoms with Gasteiger partial charge in [0.1, 0.15) is 5.75 Å². The van der Waals surface area contributed by atoms with E-state index in [1.807, 2.05) is 18.2 Å². The molecule has 98 valence electrons. The molecule has 2 aromatic rings. The van der Waals surface area contributed by atoms with Gasteiger partial charge in [-0.3, -0.25) is 0 Å². The molecule has 0 saturated carbocycles. The van der Waals surface area contributed by atoms with Crippen molar-refractivity contribution in [2.75, 3.05) is 6.54 Å². The fourth-order valence-electron chi connectivity index (χ4n) is 2.03. The van der Waals surface area contributed by atoms with Crippen molar-refractivity contribution in [1.29, 1.82) is 0 Å². The van der Waals surface area contributed by atoms with E-state index in [4.69, 9.17) is 0 Å². The van der Waals surface area contributed by atoms with Crippen LogP contribution in [-0.4, -0.2) is 11.7 Å². The number of phenols is 1. The summed E-state index contributed by atoms with van der Waals surface area (Å²) in [5.74, 6) is 0.382. The van der Waals surface area contributed by atoms with Crippen molar-refractivity contribution in [2.45, 2.75) is 26.3 Å². The molecular formula is C15H20ClNO. The molecule has 2 N–H and O–H groups in total. The van der Waals surface area contributed by atoms with E-state index in [1.54, 1.807) is 6.07 Å². The molecule has 3 heteroatoms. The zero-order chi connectivity index (χ0) is 12.1. The fourth-order valence-corrected chi connectivity index (χ4v) is 2.03. The molecule has 0 atom stereocenters. The minimum Gasteiger partial charge on any atom is -0.508 e. The van der Waals surface area contributed by atoms with Crippen LogP contribution in [0.2, 0.25) is 0 Å². The summed E-state index contributed by atoms with van der Waals surface area (Å²) in [4.78, 5) is 0. The lowest BCUT2D eigenvalue weighted by Crippen LogP contribution is -2.14. The monoisotopic (exact) mass is 265 g/mol. The summed E-state index contributed by atoms with van der Waals surface area (Å²) < 4.78 is 0. The normalized spacial score (nSPS) is 10.3. The highest BCUT2D eigenvalue weighted by Gasteiger charge is 2.05. The molecule has 18 heavy (non-hydrogen) atoms. The summed E-state index contributed by atoms with van der Waals surface area (Å²) in [5.41, 5.74) is 0.999. The molecular weight excluding hydrogens is 246 g/mol. The van der Waals surface area contributed by atoms with Gasteiger partial charge in [-0.1, -0.05) is 43.7 Å². The number of phenolic OH excluding ortho intramolecular Hbond substituents is 1. The average Bonchev–Trinajstić information content (AvgIpc) is 2.37. The van der Waals surface area contributed by atoms with Crippen LogP contribution in [0.25, 0.3) is 10.8 Å². The van der Waals surface area contributed by atoms with Crippen LogP contribution >= 0.6 is 12.4 Å². The Morgan fingerprint density at radius 2 is 1.89 bits per heavy atom. The third kappa shape index (κ3) is 3.37. The number of benzene rings is 2. The Morgan fingerprint density at radius 1 is 1.11 bits per heavy atom. The zero-order valence-corrected chi connectivity index (χ0v) is 11.5.